The number of hydrogen-bond donors (Lipinski definition) is 1. The van der Waals surface area contributed by atoms with Gasteiger partial charge in [0.15, 0.2) is 0 Å². The zero-order valence-electron chi connectivity index (χ0n) is 14.2. The first-order valence-corrected chi connectivity index (χ1v) is 8.37. The Morgan fingerprint density at radius 2 is 1.36 bits per heavy atom. The van der Waals surface area contributed by atoms with Gasteiger partial charge in [0.1, 0.15) is 28.0 Å². The van der Waals surface area contributed by atoms with Crippen molar-refractivity contribution in [3.8, 4) is 6.19 Å². The average Bonchev–Trinajstić information content (AvgIpc) is 3.13. The van der Waals surface area contributed by atoms with Gasteiger partial charge in [-0.2, -0.15) is 10.3 Å². The molecule has 0 aliphatic heterocycles. The molecule has 0 radical (unpaired) electrons. The summed E-state index contributed by atoms with van der Waals surface area (Å²) in [6.07, 6.45) is 1.74. The molecule has 0 atom stereocenters. The van der Waals surface area contributed by atoms with E-state index in [1.807, 2.05) is 0 Å². The highest BCUT2D eigenvalue weighted by Gasteiger charge is 2.18. The van der Waals surface area contributed by atoms with Gasteiger partial charge in [-0.15, -0.1) is 0 Å². The molecule has 0 fully saturated rings. The lowest BCUT2D eigenvalue weighted by atomic mass is 10.2. The zero-order chi connectivity index (χ0) is 19.4. The summed E-state index contributed by atoms with van der Waals surface area (Å²) in [4.78, 5) is 17.5. The molecule has 4 aromatic carbocycles. The first kappa shape index (κ1) is 16.4. The maximum Gasteiger partial charge on any atom is 0.206 e. The summed E-state index contributed by atoms with van der Waals surface area (Å²) in [6, 6.07) is 8.49. The Morgan fingerprint density at radius 3 is 1.89 bits per heavy atom. The summed E-state index contributed by atoms with van der Waals surface area (Å²) in [5.41, 5.74) is 7.43. The van der Waals surface area contributed by atoms with Crippen LogP contribution < -0.4 is 16.4 Å². The Morgan fingerprint density at radius 1 is 0.821 bits per heavy atom. The van der Waals surface area contributed by atoms with E-state index in [-0.39, 0.29) is 12.0 Å². The lowest BCUT2D eigenvalue weighted by Crippen LogP contribution is -2.07. The van der Waals surface area contributed by atoms with Gasteiger partial charge in [-0.1, -0.05) is 0 Å². The van der Waals surface area contributed by atoms with Gasteiger partial charge in [-0.3, -0.25) is 4.99 Å². The van der Waals surface area contributed by atoms with Crippen molar-refractivity contribution in [3.63, 3.8) is 0 Å². The highest BCUT2D eigenvalue weighted by Crippen LogP contribution is 2.28. The topological polar surface area (TPSA) is 100 Å². The van der Waals surface area contributed by atoms with Gasteiger partial charge < -0.3 is 5.73 Å². The summed E-state index contributed by atoms with van der Waals surface area (Å²) in [5, 5.41) is 12.1. The van der Waals surface area contributed by atoms with E-state index < -0.39 is 11.6 Å². The molecule has 28 heavy (non-hydrogen) atoms. The lowest BCUT2D eigenvalue weighted by molar-refractivity contribution is 0.629. The summed E-state index contributed by atoms with van der Waals surface area (Å²) in [6.45, 7) is 0.00638. The van der Waals surface area contributed by atoms with E-state index in [0.717, 1.165) is 0 Å². The molecule has 134 valence electrons. The number of nitrogens with zero attached hydrogens (tertiary/aromatic N) is 5. The first-order valence-electron chi connectivity index (χ1n) is 8.37. The fraction of sp³-hybridized carbons (Fsp3) is 0.0500. The van der Waals surface area contributed by atoms with Gasteiger partial charge >= 0.3 is 0 Å². The van der Waals surface area contributed by atoms with E-state index in [2.05, 4.69) is 15.0 Å². The second-order valence-electron chi connectivity index (χ2n) is 6.25. The summed E-state index contributed by atoms with van der Waals surface area (Å²) >= 11 is 0. The minimum absolute atomic E-state index is 0.00638. The Labute approximate surface area is 155 Å². The molecule has 2 N–H and O–H groups in total. The van der Waals surface area contributed by atoms with Gasteiger partial charge in [-0.05, 0) is 36.4 Å². The van der Waals surface area contributed by atoms with E-state index in [1.165, 1.54) is 24.3 Å². The molecule has 0 bridgehead atoms. The van der Waals surface area contributed by atoms with Crippen molar-refractivity contribution in [2.75, 3.05) is 6.67 Å². The number of fused-ring (bicyclic) bond motifs is 6. The van der Waals surface area contributed by atoms with Crippen molar-refractivity contribution >= 4 is 43.6 Å². The van der Waals surface area contributed by atoms with Crippen LogP contribution in [0.3, 0.4) is 0 Å². The molecule has 5 rings (SSSR count). The summed E-state index contributed by atoms with van der Waals surface area (Å²) in [5.74, 6) is -0.854. The Balaban J connectivity index is 2.10. The fourth-order valence-electron chi connectivity index (χ4n) is 3.65. The SMILES string of the molecule is N#C/N=c1\c2cc(F)ccc2c2nc3c(=NCN)c4cc(F)ccc4c3nc12. The molecule has 0 saturated carbocycles. The minimum Gasteiger partial charge on any atom is -0.312 e. The van der Waals surface area contributed by atoms with Crippen LogP contribution in [0.25, 0.3) is 43.6 Å². The zero-order valence-corrected chi connectivity index (χ0v) is 14.2. The molecule has 0 aliphatic rings. The fourth-order valence-corrected chi connectivity index (χ4v) is 3.65. The monoisotopic (exact) mass is 372 g/mol. The Kier molecular flexibility index (Phi) is 3.41. The maximum absolute atomic E-state index is 13.8. The molecule has 1 aromatic heterocycles. The second kappa shape index (κ2) is 5.84. The van der Waals surface area contributed by atoms with Crippen molar-refractivity contribution < 1.29 is 8.78 Å². The number of rotatable bonds is 1. The van der Waals surface area contributed by atoms with Crippen LogP contribution in [0.4, 0.5) is 8.78 Å². The van der Waals surface area contributed by atoms with E-state index in [9.17, 15) is 8.78 Å². The van der Waals surface area contributed by atoms with E-state index in [1.54, 1.807) is 18.3 Å². The van der Waals surface area contributed by atoms with E-state index in [0.29, 0.717) is 49.0 Å². The van der Waals surface area contributed by atoms with Crippen molar-refractivity contribution in [3.05, 3.63) is 58.7 Å². The molecule has 0 amide bonds. The van der Waals surface area contributed by atoms with Crippen LogP contribution in [0.1, 0.15) is 0 Å². The van der Waals surface area contributed by atoms with Crippen molar-refractivity contribution in [2.45, 2.75) is 0 Å². The number of nitriles is 1. The predicted octanol–water partition coefficient (Wildman–Crippen LogP) is 2.44. The number of hydrogen-bond acceptors (Lipinski definition) is 6. The molecular weight excluding hydrogens is 362 g/mol. The van der Waals surface area contributed by atoms with Crippen LogP contribution in [0, 0.1) is 23.1 Å². The summed E-state index contributed by atoms with van der Waals surface area (Å²) in [7, 11) is 0. The van der Waals surface area contributed by atoms with Crippen molar-refractivity contribution in [1.82, 2.24) is 9.97 Å². The average molecular weight is 372 g/mol. The third kappa shape index (κ3) is 2.14. The maximum atomic E-state index is 13.8. The van der Waals surface area contributed by atoms with Gasteiger partial charge in [0, 0.05) is 21.5 Å². The lowest BCUT2D eigenvalue weighted by Gasteiger charge is -1.94. The third-order valence-corrected chi connectivity index (χ3v) is 4.74. The van der Waals surface area contributed by atoms with Crippen LogP contribution in [0.15, 0.2) is 46.4 Å². The van der Waals surface area contributed by atoms with Gasteiger partial charge in [0.2, 0.25) is 6.19 Å². The molecular formula is C20H10F2N6. The van der Waals surface area contributed by atoms with Gasteiger partial charge in [0.25, 0.3) is 0 Å². The number of aromatic nitrogens is 2. The minimum atomic E-state index is -0.448. The number of benzene rings is 2. The third-order valence-electron chi connectivity index (χ3n) is 4.74. The summed E-state index contributed by atoms with van der Waals surface area (Å²) < 4.78 is 27.6. The first-order chi connectivity index (χ1) is 13.6. The van der Waals surface area contributed by atoms with Gasteiger partial charge in [0.05, 0.1) is 23.1 Å². The highest BCUT2D eigenvalue weighted by molar-refractivity contribution is 6.14. The molecule has 8 heteroatoms. The number of halogens is 2. The molecule has 0 spiro atoms. The van der Waals surface area contributed by atoms with Gasteiger partial charge in [-0.25, -0.2) is 18.7 Å². The van der Waals surface area contributed by atoms with Crippen LogP contribution in [0.2, 0.25) is 0 Å². The van der Waals surface area contributed by atoms with Crippen LogP contribution in [0.5, 0.6) is 0 Å². The molecule has 6 nitrogen and oxygen atoms in total. The van der Waals surface area contributed by atoms with Crippen LogP contribution >= 0.6 is 0 Å². The van der Waals surface area contributed by atoms with E-state index >= 15 is 0 Å². The predicted molar refractivity (Wildman–Crippen MR) is 100 cm³/mol. The van der Waals surface area contributed by atoms with Crippen molar-refractivity contribution in [1.29, 1.82) is 5.26 Å². The van der Waals surface area contributed by atoms with Crippen LogP contribution in [-0.2, 0) is 0 Å². The molecule has 1 heterocycles. The van der Waals surface area contributed by atoms with Crippen molar-refractivity contribution in [2.24, 2.45) is 15.7 Å². The smallest absolute Gasteiger partial charge is 0.206 e. The Hall–Kier alpha value is -3.83. The second-order valence-corrected chi connectivity index (χ2v) is 6.25. The molecule has 0 unspecified atom stereocenters. The standard InChI is InChI=1S/C20H10F2N6/c21-9-1-3-11-13(5-9)15(25-7-23)19-17(11)27-20-16(26-8-24)14-6-10(22)2-4-12(14)18(20)28-19/h1-6H,7,23H2/b25-15?,26-16+. The molecule has 5 aromatic rings. The number of nitrogens with two attached hydrogens (primary N) is 1. The highest BCUT2D eigenvalue weighted by atomic mass is 19.1. The normalized spacial score (nSPS) is 13.4. The van der Waals surface area contributed by atoms with Crippen LogP contribution in [-0.4, -0.2) is 16.6 Å². The van der Waals surface area contributed by atoms with E-state index in [4.69, 9.17) is 16.0 Å². The molecule has 0 saturated heterocycles. The quantitative estimate of drug-likeness (QED) is 0.457. The molecule has 0 aliphatic carbocycles. The Bertz CT molecular complexity index is 1590. The largest absolute Gasteiger partial charge is 0.312 e.